The first-order valence-corrected chi connectivity index (χ1v) is 8.75. The Bertz CT molecular complexity index is 647. The number of alkyl halides is 3. The van der Waals surface area contributed by atoms with Gasteiger partial charge in [-0.25, -0.2) is 0 Å². The fourth-order valence-corrected chi connectivity index (χ4v) is 3.15. The lowest BCUT2D eigenvalue weighted by Gasteiger charge is -2.13. The topological polar surface area (TPSA) is 84.2 Å². The second-order valence-electron chi connectivity index (χ2n) is 6.63. The van der Waals surface area contributed by atoms with Gasteiger partial charge in [-0.2, -0.15) is 13.2 Å². The molecule has 2 amide bonds. The number of carbonyl (C=O) groups is 2. The molecule has 0 bridgehead atoms. The molecular formula is C18H25ClF3N3O2. The summed E-state index contributed by atoms with van der Waals surface area (Å²) < 4.78 is 38.6. The molecule has 27 heavy (non-hydrogen) atoms. The maximum atomic E-state index is 12.9. The number of benzene rings is 1. The molecule has 152 valence electrons. The average molecular weight is 408 g/mol. The number of hydrogen-bond acceptors (Lipinski definition) is 3. The number of rotatable bonds is 7. The molecule has 0 atom stereocenters. The highest BCUT2D eigenvalue weighted by Gasteiger charge is 2.31. The van der Waals surface area contributed by atoms with E-state index in [4.69, 9.17) is 5.73 Å². The standard InChI is InChI=1S/C18H24F3N3O2.ClH/c19-18(20,21)14-7-13(10-22)8-15(9-14)24-17(26)11-23-16(25)6-5-12-3-1-2-4-12;/h7-9,12H,1-6,10-11,22H2,(H,23,25)(H,24,26);1H. The Labute approximate surface area is 162 Å². The number of amides is 2. The zero-order valence-electron chi connectivity index (χ0n) is 14.9. The predicted molar refractivity (Wildman–Crippen MR) is 99.4 cm³/mol. The monoisotopic (exact) mass is 407 g/mol. The molecule has 0 heterocycles. The van der Waals surface area contributed by atoms with Crippen LogP contribution in [0.2, 0.25) is 0 Å². The number of carbonyl (C=O) groups excluding carboxylic acids is 2. The van der Waals surface area contributed by atoms with Crippen molar-refractivity contribution in [2.24, 2.45) is 11.7 Å². The second-order valence-corrected chi connectivity index (χ2v) is 6.63. The summed E-state index contributed by atoms with van der Waals surface area (Å²) in [6.45, 7) is -0.359. The first-order chi connectivity index (χ1) is 12.3. The minimum atomic E-state index is -4.53. The van der Waals surface area contributed by atoms with E-state index in [1.165, 1.54) is 18.9 Å². The quantitative estimate of drug-likeness (QED) is 0.645. The molecule has 5 nitrogen and oxygen atoms in total. The van der Waals surface area contributed by atoms with Crippen molar-refractivity contribution in [1.29, 1.82) is 0 Å². The van der Waals surface area contributed by atoms with Crippen LogP contribution in [0.3, 0.4) is 0 Å². The normalized spacial score (nSPS) is 14.5. The van der Waals surface area contributed by atoms with E-state index in [1.54, 1.807) is 0 Å². The van der Waals surface area contributed by atoms with Crippen LogP contribution in [0.4, 0.5) is 18.9 Å². The van der Waals surface area contributed by atoms with E-state index in [2.05, 4.69) is 10.6 Å². The third-order valence-electron chi connectivity index (χ3n) is 4.54. The van der Waals surface area contributed by atoms with Gasteiger partial charge in [0.25, 0.3) is 0 Å². The third-order valence-corrected chi connectivity index (χ3v) is 4.54. The molecule has 1 saturated carbocycles. The van der Waals surface area contributed by atoms with Gasteiger partial charge in [0.05, 0.1) is 12.1 Å². The number of halogens is 4. The molecule has 0 saturated heterocycles. The Morgan fingerprint density at radius 1 is 1.11 bits per heavy atom. The summed E-state index contributed by atoms with van der Waals surface area (Å²) in [7, 11) is 0. The lowest BCUT2D eigenvalue weighted by molar-refractivity contribution is -0.137. The first-order valence-electron chi connectivity index (χ1n) is 8.75. The molecule has 0 radical (unpaired) electrons. The van der Waals surface area contributed by atoms with Crippen LogP contribution in [0.15, 0.2) is 18.2 Å². The van der Waals surface area contributed by atoms with Crippen LogP contribution in [-0.2, 0) is 22.3 Å². The van der Waals surface area contributed by atoms with Gasteiger partial charge in [0.15, 0.2) is 0 Å². The molecular weight excluding hydrogens is 383 g/mol. The summed E-state index contributed by atoms with van der Waals surface area (Å²) in [6.07, 6.45) is 1.34. The van der Waals surface area contributed by atoms with Gasteiger partial charge < -0.3 is 16.4 Å². The summed E-state index contributed by atoms with van der Waals surface area (Å²) in [4.78, 5) is 23.7. The highest BCUT2D eigenvalue weighted by Crippen LogP contribution is 2.32. The van der Waals surface area contributed by atoms with Gasteiger partial charge in [0.2, 0.25) is 11.8 Å². The lowest BCUT2D eigenvalue weighted by atomic mass is 10.0. The molecule has 0 aliphatic heterocycles. The van der Waals surface area contributed by atoms with Crippen LogP contribution in [-0.4, -0.2) is 18.4 Å². The fourth-order valence-electron chi connectivity index (χ4n) is 3.15. The van der Waals surface area contributed by atoms with Gasteiger partial charge in [-0.3, -0.25) is 9.59 Å². The molecule has 1 aliphatic carbocycles. The molecule has 1 fully saturated rings. The Morgan fingerprint density at radius 3 is 2.37 bits per heavy atom. The largest absolute Gasteiger partial charge is 0.416 e. The van der Waals surface area contributed by atoms with Gasteiger partial charge in [-0.1, -0.05) is 25.7 Å². The molecule has 0 spiro atoms. The maximum Gasteiger partial charge on any atom is 0.416 e. The molecule has 1 aromatic rings. The average Bonchev–Trinajstić information content (AvgIpc) is 3.10. The Morgan fingerprint density at radius 2 is 1.78 bits per heavy atom. The molecule has 9 heteroatoms. The van der Waals surface area contributed by atoms with E-state index in [0.717, 1.165) is 31.4 Å². The highest BCUT2D eigenvalue weighted by atomic mass is 35.5. The van der Waals surface area contributed by atoms with Crippen molar-refractivity contribution >= 4 is 29.9 Å². The van der Waals surface area contributed by atoms with E-state index >= 15 is 0 Å². The van der Waals surface area contributed by atoms with E-state index < -0.39 is 17.6 Å². The van der Waals surface area contributed by atoms with E-state index in [9.17, 15) is 22.8 Å². The summed E-state index contributed by atoms with van der Waals surface area (Å²) in [5, 5.41) is 4.87. The van der Waals surface area contributed by atoms with Crippen LogP contribution in [0.25, 0.3) is 0 Å². The molecule has 1 aromatic carbocycles. The molecule has 4 N–H and O–H groups in total. The summed E-state index contributed by atoms with van der Waals surface area (Å²) in [6, 6.07) is 3.18. The number of anilines is 1. The minimum absolute atomic E-state index is 0. The van der Waals surface area contributed by atoms with Crippen LogP contribution < -0.4 is 16.4 Å². The number of nitrogens with one attached hydrogen (secondary N) is 2. The van der Waals surface area contributed by atoms with E-state index in [1.807, 2.05) is 0 Å². The summed E-state index contributed by atoms with van der Waals surface area (Å²) in [5.74, 6) is -0.227. The molecule has 2 rings (SSSR count). The zero-order chi connectivity index (χ0) is 19.2. The van der Waals surface area contributed by atoms with Gasteiger partial charge >= 0.3 is 6.18 Å². The van der Waals surface area contributed by atoms with Crippen molar-refractivity contribution in [3.8, 4) is 0 Å². The Kier molecular flexibility index (Phi) is 9.05. The Balaban J connectivity index is 0.00000364. The van der Waals surface area contributed by atoms with Crippen LogP contribution >= 0.6 is 12.4 Å². The molecule has 1 aliphatic rings. The van der Waals surface area contributed by atoms with Crippen molar-refractivity contribution < 1.29 is 22.8 Å². The first kappa shape index (κ1) is 23.2. The van der Waals surface area contributed by atoms with Crippen LogP contribution in [0, 0.1) is 5.92 Å². The zero-order valence-corrected chi connectivity index (χ0v) is 15.7. The number of hydrogen-bond donors (Lipinski definition) is 3. The van der Waals surface area contributed by atoms with Crippen molar-refractivity contribution in [2.45, 2.75) is 51.2 Å². The third kappa shape index (κ3) is 7.76. The van der Waals surface area contributed by atoms with Gasteiger partial charge in [0, 0.05) is 18.7 Å². The van der Waals surface area contributed by atoms with Crippen LogP contribution in [0.1, 0.15) is 49.7 Å². The van der Waals surface area contributed by atoms with Gasteiger partial charge in [0.1, 0.15) is 0 Å². The lowest BCUT2D eigenvalue weighted by Crippen LogP contribution is -2.33. The minimum Gasteiger partial charge on any atom is -0.347 e. The molecule has 0 aromatic heterocycles. The summed E-state index contributed by atoms with van der Waals surface area (Å²) >= 11 is 0. The van der Waals surface area contributed by atoms with Crippen molar-refractivity contribution in [3.05, 3.63) is 29.3 Å². The van der Waals surface area contributed by atoms with Crippen molar-refractivity contribution in [2.75, 3.05) is 11.9 Å². The van der Waals surface area contributed by atoms with Crippen LogP contribution in [0.5, 0.6) is 0 Å². The Hall–Kier alpha value is -1.80. The number of nitrogens with two attached hydrogens (primary N) is 1. The highest BCUT2D eigenvalue weighted by molar-refractivity contribution is 5.94. The van der Waals surface area contributed by atoms with Gasteiger partial charge in [-0.15, -0.1) is 12.4 Å². The SMILES string of the molecule is Cl.NCc1cc(NC(=O)CNC(=O)CCC2CCCC2)cc(C(F)(F)F)c1. The summed E-state index contributed by atoms with van der Waals surface area (Å²) in [5.41, 5.74) is 4.79. The smallest absolute Gasteiger partial charge is 0.347 e. The van der Waals surface area contributed by atoms with E-state index in [-0.39, 0.29) is 42.7 Å². The van der Waals surface area contributed by atoms with Crippen molar-refractivity contribution in [1.82, 2.24) is 5.32 Å². The maximum absolute atomic E-state index is 12.9. The van der Waals surface area contributed by atoms with Crippen molar-refractivity contribution in [3.63, 3.8) is 0 Å². The second kappa shape index (κ2) is 10.5. The molecule has 0 unspecified atom stereocenters. The van der Waals surface area contributed by atoms with Gasteiger partial charge in [-0.05, 0) is 36.1 Å². The van der Waals surface area contributed by atoms with E-state index in [0.29, 0.717) is 12.3 Å². The predicted octanol–water partition coefficient (Wildman–Crippen LogP) is 3.61. The fraction of sp³-hybridized carbons (Fsp3) is 0.556.